The number of ether oxygens (including phenoxy) is 1. The van der Waals surface area contributed by atoms with Crippen LogP contribution in [0.25, 0.3) is 16.9 Å². The van der Waals surface area contributed by atoms with Crippen molar-refractivity contribution in [3.63, 3.8) is 0 Å². The summed E-state index contributed by atoms with van der Waals surface area (Å²) >= 11 is 0. The molecule has 0 radical (unpaired) electrons. The number of aromatic nitrogens is 4. The van der Waals surface area contributed by atoms with Gasteiger partial charge >= 0.3 is 0 Å². The normalized spacial score (nSPS) is 15.2. The van der Waals surface area contributed by atoms with Crippen molar-refractivity contribution in [2.75, 3.05) is 25.1 Å². The van der Waals surface area contributed by atoms with Crippen LogP contribution in [0.2, 0.25) is 0 Å². The van der Waals surface area contributed by atoms with E-state index in [0.29, 0.717) is 22.9 Å². The van der Waals surface area contributed by atoms with E-state index in [4.69, 9.17) is 4.74 Å². The van der Waals surface area contributed by atoms with Gasteiger partial charge in [0.2, 0.25) is 0 Å². The summed E-state index contributed by atoms with van der Waals surface area (Å²) in [7, 11) is 1.31. The Kier molecular flexibility index (Phi) is 4.63. The summed E-state index contributed by atoms with van der Waals surface area (Å²) < 4.78 is 35.8. The molecule has 3 aromatic rings. The summed E-state index contributed by atoms with van der Waals surface area (Å²) in [6.07, 6.45) is 5.81. The van der Waals surface area contributed by atoms with Crippen LogP contribution in [0.4, 0.5) is 14.6 Å². The summed E-state index contributed by atoms with van der Waals surface area (Å²) in [6, 6.07) is 2.24. The second kappa shape index (κ2) is 7.09. The van der Waals surface area contributed by atoms with Crippen molar-refractivity contribution in [1.82, 2.24) is 19.6 Å². The minimum atomic E-state index is -0.617. The first-order chi connectivity index (χ1) is 13.1. The van der Waals surface area contributed by atoms with Crippen molar-refractivity contribution in [3.8, 4) is 16.9 Å². The van der Waals surface area contributed by atoms with Crippen molar-refractivity contribution in [2.24, 2.45) is 0 Å². The van der Waals surface area contributed by atoms with E-state index in [0.717, 1.165) is 44.8 Å². The molecule has 0 aliphatic carbocycles. The molecule has 0 amide bonds. The van der Waals surface area contributed by atoms with Crippen LogP contribution in [0.15, 0.2) is 18.5 Å². The fourth-order valence-electron chi connectivity index (χ4n) is 3.70. The van der Waals surface area contributed by atoms with Crippen LogP contribution in [0, 0.1) is 18.6 Å². The highest BCUT2D eigenvalue weighted by molar-refractivity contribution is 5.80. The van der Waals surface area contributed by atoms with Crippen molar-refractivity contribution in [3.05, 3.63) is 35.8 Å². The average Bonchev–Trinajstić information content (AvgIpc) is 2.95. The van der Waals surface area contributed by atoms with Crippen molar-refractivity contribution in [2.45, 2.75) is 32.6 Å². The number of anilines is 1. The molecule has 1 aliphatic heterocycles. The van der Waals surface area contributed by atoms with Crippen LogP contribution >= 0.6 is 0 Å². The third-order valence-electron chi connectivity index (χ3n) is 5.00. The number of hydrogen-bond donors (Lipinski definition) is 0. The van der Waals surface area contributed by atoms with E-state index in [1.54, 1.807) is 11.4 Å². The first-order valence-electron chi connectivity index (χ1n) is 9.09. The van der Waals surface area contributed by atoms with E-state index in [9.17, 15) is 8.78 Å². The van der Waals surface area contributed by atoms with Gasteiger partial charge in [0.1, 0.15) is 18.0 Å². The maximum atomic E-state index is 14.9. The number of benzene rings is 1. The van der Waals surface area contributed by atoms with Crippen LogP contribution < -0.4 is 9.64 Å². The zero-order valence-electron chi connectivity index (χ0n) is 15.4. The van der Waals surface area contributed by atoms with E-state index in [1.807, 2.05) is 0 Å². The number of methoxy groups -OCH3 is 1. The topological polar surface area (TPSA) is 55.6 Å². The molecule has 3 heterocycles. The molecule has 6 nitrogen and oxygen atoms in total. The highest BCUT2D eigenvalue weighted by atomic mass is 19.1. The average molecular weight is 373 g/mol. The Hall–Kier alpha value is -2.77. The molecule has 1 fully saturated rings. The molecule has 1 saturated heterocycles. The van der Waals surface area contributed by atoms with E-state index >= 15 is 0 Å². The molecule has 8 heteroatoms. The molecule has 2 aromatic heterocycles. The quantitative estimate of drug-likeness (QED) is 0.700. The highest BCUT2D eigenvalue weighted by Gasteiger charge is 2.25. The Balaban J connectivity index is 1.98. The molecule has 27 heavy (non-hydrogen) atoms. The van der Waals surface area contributed by atoms with Gasteiger partial charge in [-0.3, -0.25) is 0 Å². The van der Waals surface area contributed by atoms with Gasteiger partial charge in [0, 0.05) is 30.3 Å². The van der Waals surface area contributed by atoms with Crippen LogP contribution in [0.3, 0.4) is 0 Å². The largest absolute Gasteiger partial charge is 0.494 e. The molecular weight excluding hydrogens is 352 g/mol. The predicted molar refractivity (Wildman–Crippen MR) is 98.1 cm³/mol. The minimum absolute atomic E-state index is 0.125. The van der Waals surface area contributed by atoms with Crippen LogP contribution in [-0.4, -0.2) is 39.8 Å². The number of halogens is 2. The van der Waals surface area contributed by atoms with E-state index in [-0.39, 0.29) is 11.3 Å². The predicted octanol–water partition coefficient (Wildman–Crippen LogP) is 3.77. The van der Waals surface area contributed by atoms with Gasteiger partial charge in [0.05, 0.1) is 12.8 Å². The summed E-state index contributed by atoms with van der Waals surface area (Å²) in [5, 5.41) is 4.30. The Morgan fingerprint density at radius 2 is 1.78 bits per heavy atom. The molecule has 1 aliphatic rings. The molecule has 0 atom stereocenters. The molecular formula is C19H21F2N5O. The van der Waals surface area contributed by atoms with E-state index < -0.39 is 11.6 Å². The lowest BCUT2D eigenvalue weighted by atomic mass is 10.0. The molecule has 1 aromatic carbocycles. The highest BCUT2D eigenvalue weighted by Crippen LogP contribution is 2.37. The van der Waals surface area contributed by atoms with Crippen molar-refractivity contribution in [1.29, 1.82) is 0 Å². The van der Waals surface area contributed by atoms with Gasteiger partial charge in [0.25, 0.3) is 5.78 Å². The fourth-order valence-corrected chi connectivity index (χ4v) is 3.70. The van der Waals surface area contributed by atoms with Gasteiger partial charge < -0.3 is 9.64 Å². The molecule has 142 valence electrons. The SMILES string of the molecule is COc1cc(F)c(-c2c(C)nc3ncnn3c2N2CCCCCC2)cc1F. The first-order valence-corrected chi connectivity index (χ1v) is 9.09. The Morgan fingerprint density at radius 3 is 2.48 bits per heavy atom. The Labute approximate surface area is 155 Å². The van der Waals surface area contributed by atoms with Gasteiger partial charge in [0.15, 0.2) is 11.6 Å². The van der Waals surface area contributed by atoms with E-state index in [2.05, 4.69) is 20.0 Å². The monoisotopic (exact) mass is 373 g/mol. The summed E-state index contributed by atoms with van der Waals surface area (Å²) in [5.74, 6) is -0.146. The van der Waals surface area contributed by atoms with Crippen molar-refractivity contribution < 1.29 is 13.5 Å². The third-order valence-corrected chi connectivity index (χ3v) is 5.00. The molecule has 0 unspecified atom stereocenters. The van der Waals surface area contributed by atoms with Gasteiger partial charge in [-0.2, -0.15) is 14.6 Å². The van der Waals surface area contributed by atoms with E-state index in [1.165, 1.54) is 19.5 Å². The zero-order chi connectivity index (χ0) is 19.0. The second-order valence-corrected chi connectivity index (χ2v) is 6.74. The van der Waals surface area contributed by atoms with Gasteiger partial charge in [-0.15, -0.1) is 0 Å². The molecule has 0 N–H and O–H groups in total. The molecule has 0 spiro atoms. The lowest BCUT2D eigenvalue weighted by Crippen LogP contribution is -2.28. The Morgan fingerprint density at radius 1 is 1.04 bits per heavy atom. The van der Waals surface area contributed by atoms with Crippen LogP contribution in [0.5, 0.6) is 5.75 Å². The first kappa shape index (κ1) is 17.6. The number of fused-ring (bicyclic) bond motifs is 1. The number of hydrogen-bond acceptors (Lipinski definition) is 5. The third kappa shape index (κ3) is 3.09. The number of aryl methyl sites for hydroxylation is 1. The summed E-state index contributed by atoms with van der Waals surface area (Å²) in [5.41, 5.74) is 1.27. The maximum Gasteiger partial charge on any atom is 0.254 e. The lowest BCUT2D eigenvalue weighted by molar-refractivity contribution is 0.383. The van der Waals surface area contributed by atoms with Gasteiger partial charge in [-0.25, -0.2) is 13.8 Å². The van der Waals surface area contributed by atoms with Gasteiger partial charge in [-0.05, 0) is 25.8 Å². The van der Waals surface area contributed by atoms with Crippen LogP contribution in [-0.2, 0) is 0 Å². The number of rotatable bonds is 3. The van der Waals surface area contributed by atoms with Gasteiger partial charge in [-0.1, -0.05) is 12.8 Å². The standard InChI is InChI=1S/C19H21F2N5O/c1-12-17(13-9-15(21)16(27-2)10-14(13)20)18(25-7-5-3-4-6-8-25)26-19(24-12)22-11-23-26/h9-11H,3-8H2,1-2H3. The number of nitrogens with zero attached hydrogens (tertiary/aromatic N) is 5. The zero-order valence-corrected chi connectivity index (χ0v) is 15.4. The Bertz CT molecular complexity index is 980. The molecule has 0 saturated carbocycles. The molecule has 4 rings (SSSR count). The fraction of sp³-hybridized carbons (Fsp3) is 0.421. The smallest absolute Gasteiger partial charge is 0.254 e. The minimum Gasteiger partial charge on any atom is -0.494 e. The van der Waals surface area contributed by atoms with Crippen molar-refractivity contribution >= 4 is 11.6 Å². The van der Waals surface area contributed by atoms with Crippen LogP contribution in [0.1, 0.15) is 31.4 Å². The summed E-state index contributed by atoms with van der Waals surface area (Å²) in [4.78, 5) is 10.8. The second-order valence-electron chi connectivity index (χ2n) is 6.74. The lowest BCUT2D eigenvalue weighted by Gasteiger charge is -2.26. The summed E-state index contributed by atoms with van der Waals surface area (Å²) in [6.45, 7) is 3.43. The molecule has 0 bridgehead atoms. The maximum absolute atomic E-state index is 14.9.